The number of para-hydroxylation sites is 1. The molecule has 0 radical (unpaired) electrons. The summed E-state index contributed by atoms with van der Waals surface area (Å²) >= 11 is 5.15. The average Bonchev–Trinajstić information content (AvgIpc) is 2.72. The van der Waals surface area contributed by atoms with Gasteiger partial charge in [-0.3, -0.25) is 14.9 Å². The number of carbonyl (C=O) groups excluding carboxylic acids is 2. The highest BCUT2D eigenvalue weighted by atomic mass is 32.1. The van der Waals surface area contributed by atoms with E-state index in [9.17, 15) is 14.0 Å². The first-order chi connectivity index (χ1) is 15.1. The Morgan fingerprint density at radius 1 is 1.12 bits per heavy atom. The third-order valence-corrected chi connectivity index (χ3v) is 6.11. The number of anilines is 2. The summed E-state index contributed by atoms with van der Waals surface area (Å²) in [5.41, 5.74) is 3.76. The van der Waals surface area contributed by atoms with E-state index in [2.05, 4.69) is 44.0 Å². The molecular formula is C25H24FN3O2S. The number of hydrogen-bond donors (Lipinski definition) is 1. The summed E-state index contributed by atoms with van der Waals surface area (Å²) < 4.78 is 14.3. The lowest BCUT2D eigenvalue weighted by Gasteiger charge is -2.42. The lowest BCUT2D eigenvalue weighted by molar-refractivity contribution is -0.122. The van der Waals surface area contributed by atoms with Crippen molar-refractivity contribution in [3.8, 4) is 0 Å². The quantitative estimate of drug-likeness (QED) is 0.420. The van der Waals surface area contributed by atoms with E-state index in [1.165, 1.54) is 24.3 Å². The van der Waals surface area contributed by atoms with Gasteiger partial charge in [-0.1, -0.05) is 24.3 Å². The van der Waals surface area contributed by atoms with E-state index in [0.717, 1.165) is 28.3 Å². The van der Waals surface area contributed by atoms with Gasteiger partial charge in [-0.2, -0.15) is 0 Å². The summed E-state index contributed by atoms with van der Waals surface area (Å²) in [5, 5.41) is 2.35. The number of amides is 2. The minimum Gasteiger partial charge on any atom is -0.363 e. The molecule has 32 heavy (non-hydrogen) atoms. The Hall–Kier alpha value is -3.32. The largest absolute Gasteiger partial charge is 0.363 e. The average molecular weight is 450 g/mol. The monoisotopic (exact) mass is 449 g/mol. The van der Waals surface area contributed by atoms with Gasteiger partial charge in [-0.15, -0.1) is 0 Å². The molecule has 2 aromatic rings. The SMILES string of the molecule is CCN1c2ccc(/C=C3/C(=O)NC(=S)N(c4ccccc4F)C3=O)cc2C(C)=CC1(C)C. The first kappa shape index (κ1) is 21.9. The van der Waals surface area contributed by atoms with Gasteiger partial charge >= 0.3 is 0 Å². The molecule has 0 bridgehead atoms. The second-order valence-corrected chi connectivity index (χ2v) is 8.80. The maximum atomic E-state index is 14.3. The van der Waals surface area contributed by atoms with Crippen LogP contribution < -0.4 is 15.1 Å². The standard InChI is InChI=1S/C25H24FN3O2S/c1-5-28-20-11-10-16(12-17(20)15(2)14-25(28,3)4)13-18-22(30)27-24(32)29(23(18)31)21-9-7-6-8-19(21)26/h6-14H,5H2,1-4H3,(H,27,30,32)/b18-13-. The van der Waals surface area contributed by atoms with Crippen molar-refractivity contribution in [3.63, 3.8) is 0 Å². The maximum Gasteiger partial charge on any atom is 0.270 e. The number of hydrogen-bond acceptors (Lipinski definition) is 4. The molecule has 2 heterocycles. The number of carbonyl (C=O) groups is 2. The van der Waals surface area contributed by atoms with E-state index in [0.29, 0.717) is 5.56 Å². The third-order valence-electron chi connectivity index (χ3n) is 5.82. The number of nitrogens with zero attached hydrogens (tertiary/aromatic N) is 2. The lowest BCUT2D eigenvalue weighted by Crippen LogP contribution is -2.54. The highest BCUT2D eigenvalue weighted by Crippen LogP contribution is 2.39. The fourth-order valence-electron chi connectivity index (χ4n) is 4.44. The minimum atomic E-state index is -0.662. The van der Waals surface area contributed by atoms with Gasteiger partial charge in [0.1, 0.15) is 11.4 Å². The van der Waals surface area contributed by atoms with Crippen molar-refractivity contribution in [2.75, 3.05) is 16.3 Å². The zero-order valence-electron chi connectivity index (χ0n) is 18.4. The Morgan fingerprint density at radius 2 is 1.84 bits per heavy atom. The summed E-state index contributed by atoms with van der Waals surface area (Å²) in [6.45, 7) is 9.36. The second-order valence-electron chi connectivity index (χ2n) is 8.41. The highest BCUT2D eigenvalue weighted by Gasteiger charge is 2.36. The fourth-order valence-corrected chi connectivity index (χ4v) is 4.72. The molecule has 2 amide bonds. The number of thiocarbonyl (C=S) groups is 1. The fraction of sp³-hybridized carbons (Fsp3) is 0.240. The van der Waals surface area contributed by atoms with Crippen LogP contribution in [0.3, 0.4) is 0 Å². The van der Waals surface area contributed by atoms with Crippen molar-refractivity contribution in [2.45, 2.75) is 33.2 Å². The number of fused-ring (bicyclic) bond motifs is 1. The molecule has 0 unspecified atom stereocenters. The van der Waals surface area contributed by atoms with Gasteiger partial charge in [0.25, 0.3) is 11.8 Å². The number of halogens is 1. The van der Waals surface area contributed by atoms with Crippen LogP contribution in [0.1, 0.15) is 38.8 Å². The highest BCUT2D eigenvalue weighted by molar-refractivity contribution is 7.80. The Labute approximate surface area is 192 Å². The Morgan fingerprint density at radius 3 is 2.53 bits per heavy atom. The van der Waals surface area contributed by atoms with E-state index in [1.54, 1.807) is 6.07 Å². The van der Waals surface area contributed by atoms with E-state index in [1.807, 2.05) is 18.2 Å². The topological polar surface area (TPSA) is 52.7 Å². The van der Waals surface area contributed by atoms with Gasteiger partial charge in [-0.25, -0.2) is 9.29 Å². The molecule has 1 fully saturated rings. The maximum absolute atomic E-state index is 14.3. The molecule has 0 aromatic heterocycles. The molecule has 0 atom stereocenters. The third kappa shape index (κ3) is 3.62. The van der Waals surface area contributed by atoms with Gasteiger partial charge in [0.05, 0.1) is 11.2 Å². The Bertz CT molecular complexity index is 1220. The van der Waals surface area contributed by atoms with Gasteiger partial charge in [0.2, 0.25) is 0 Å². The van der Waals surface area contributed by atoms with Gasteiger partial charge in [-0.05, 0) is 81.4 Å². The molecule has 0 aliphatic carbocycles. The van der Waals surface area contributed by atoms with Gasteiger partial charge < -0.3 is 4.90 Å². The summed E-state index contributed by atoms with van der Waals surface area (Å²) in [6.07, 6.45) is 3.74. The molecule has 1 saturated heterocycles. The molecular weight excluding hydrogens is 425 g/mol. The van der Waals surface area contributed by atoms with Crippen molar-refractivity contribution in [1.29, 1.82) is 0 Å². The first-order valence-corrected chi connectivity index (χ1v) is 10.8. The Kier molecular flexibility index (Phi) is 5.46. The molecule has 4 rings (SSSR count). The van der Waals surface area contributed by atoms with E-state index < -0.39 is 17.6 Å². The van der Waals surface area contributed by atoms with Crippen molar-refractivity contribution in [1.82, 2.24) is 5.32 Å². The van der Waals surface area contributed by atoms with Crippen molar-refractivity contribution >= 4 is 52.2 Å². The predicted octanol–water partition coefficient (Wildman–Crippen LogP) is 4.68. The van der Waals surface area contributed by atoms with E-state index in [-0.39, 0.29) is 21.9 Å². The van der Waals surface area contributed by atoms with Crippen LogP contribution in [-0.4, -0.2) is 29.0 Å². The molecule has 2 aliphatic rings. The summed E-state index contributed by atoms with van der Waals surface area (Å²) in [6, 6.07) is 11.7. The van der Waals surface area contributed by atoms with E-state index in [4.69, 9.17) is 12.2 Å². The van der Waals surface area contributed by atoms with Crippen molar-refractivity contribution in [3.05, 3.63) is 71.1 Å². The molecule has 0 spiro atoms. The molecule has 7 heteroatoms. The van der Waals surface area contributed by atoms with Crippen LogP contribution in [-0.2, 0) is 9.59 Å². The van der Waals surface area contributed by atoms with Gasteiger partial charge in [0.15, 0.2) is 5.11 Å². The number of benzene rings is 2. The van der Waals surface area contributed by atoms with Crippen molar-refractivity contribution < 1.29 is 14.0 Å². The minimum absolute atomic E-state index is 0.00145. The molecule has 0 saturated carbocycles. The predicted molar refractivity (Wildman–Crippen MR) is 130 cm³/mol. The van der Waals surface area contributed by atoms with Gasteiger partial charge in [0, 0.05) is 17.8 Å². The first-order valence-electron chi connectivity index (χ1n) is 10.4. The molecule has 5 nitrogen and oxygen atoms in total. The second kappa shape index (κ2) is 7.98. The van der Waals surface area contributed by atoms with E-state index >= 15 is 0 Å². The van der Waals surface area contributed by atoms with Crippen LogP contribution in [0.2, 0.25) is 0 Å². The number of likely N-dealkylation sites (N-methyl/N-ethyl adjacent to an activating group) is 1. The molecule has 1 N–H and O–H groups in total. The normalized spacial score (nSPS) is 19.1. The van der Waals surface area contributed by atoms with Crippen LogP contribution in [0.25, 0.3) is 11.6 Å². The van der Waals surface area contributed by atoms with Crippen molar-refractivity contribution in [2.24, 2.45) is 0 Å². The van der Waals surface area contributed by atoms with Crippen LogP contribution in [0.4, 0.5) is 15.8 Å². The zero-order valence-corrected chi connectivity index (χ0v) is 19.2. The van der Waals surface area contributed by atoms with Crippen LogP contribution >= 0.6 is 12.2 Å². The summed E-state index contributed by atoms with van der Waals surface area (Å²) in [4.78, 5) is 29.1. The summed E-state index contributed by atoms with van der Waals surface area (Å²) in [5.74, 6) is -1.87. The molecule has 2 aliphatic heterocycles. The number of rotatable bonds is 3. The van der Waals surface area contributed by atoms with Crippen LogP contribution in [0.5, 0.6) is 0 Å². The van der Waals surface area contributed by atoms with Crippen LogP contribution in [0, 0.1) is 5.82 Å². The zero-order chi connectivity index (χ0) is 23.2. The molecule has 2 aromatic carbocycles. The smallest absolute Gasteiger partial charge is 0.270 e. The molecule has 164 valence electrons. The van der Waals surface area contributed by atoms with Crippen LogP contribution in [0.15, 0.2) is 54.1 Å². The number of nitrogens with one attached hydrogen (secondary N) is 1. The Balaban J connectivity index is 1.76. The number of allylic oxidation sites excluding steroid dienone is 1. The summed E-state index contributed by atoms with van der Waals surface area (Å²) in [7, 11) is 0. The lowest BCUT2D eigenvalue weighted by atomic mass is 9.88.